The lowest BCUT2D eigenvalue weighted by Gasteiger charge is -2.22. The van der Waals surface area contributed by atoms with Crippen molar-refractivity contribution < 1.29 is 19.4 Å². The molecule has 0 spiro atoms. The predicted molar refractivity (Wildman–Crippen MR) is 66.0 cm³/mol. The van der Waals surface area contributed by atoms with Crippen LogP contribution in [0.25, 0.3) is 5.76 Å². The average molecular weight is 246 g/mol. The highest BCUT2D eigenvalue weighted by Crippen LogP contribution is 2.35. The molecule has 1 aromatic rings. The van der Waals surface area contributed by atoms with E-state index in [1.54, 1.807) is 38.1 Å². The van der Waals surface area contributed by atoms with Crippen LogP contribution in [0.4, 0.5) is 0 Å². The number of ketones is 1. The van der Waals surface area contributed by atoms with Gasteiger partial charge in [0.1, 0.15) is 11.3 Å². The number of carbonyl (C=O) groups excluding carboxylic acids is 2. The van der Waals surface area contributed by atoms with Crippen LogP contribution in [0, 0.1) is 0 Å². The number of carbonyl (C=O) groups is 2. The van der Waals surface area contributed by atoms with Gasteiger partial charge in [0.2, 0.25) is 0 Å². The van der Waals surface area contributed by atoms with Crippen molar-refractivity contribution in [3.05, 3.63) is 41.0 Å². The second-order valence-electron chi connectivity index (χ2n) is 4.12. The second-order valence-corrected chi connectivity index (χ2v) is 4.12. The third-order valence-corrected chi connectivity index (χ3v) is 3.04. The van der Waals surface area contributed by atoms with Crippen LogP contribution in [0.1, 0.15) is 30.9 Å². The molecule has 1 atom stereocenters. The molecule has 0 saturated heterocycles. The van der Waals surface area contributed by atoms with Crippen LogP contribution in [0.2, 0.25) is 0 Å². The Hall–Kier alpha value is -2.10. The van der Waals surface area contributed by atoms with Crippen molar-refractivity contribution in [2.45, 2.75) is 19.8 Å². The summed E-state index contributed by atoms with van der Waals surface area (Å²) in [7, 11) is 0. The number of aliphatic hydroxyl groups excluding tert-OH is 1. The van der Waals surface area contributed by atoms with Gasteiger partial charge in [0.05, 0.1) is 6.61 Å². The van der Waals surface area contributed by atoms with Crippen molar-refractivity contribution >= 4 is 17.5 Å². The summed E-state index contributed by atoms with van der Waals surface area (Å²) in [5.41, 5.74) is 1.00. The summed E-state index contributed by atoms with van der Waals surface area (Å²) in [5, 5.41) is 10.1. The molecule has 94 valence electrons. The molecule has 2 rings (SSSR count). The van der Waals surface area contributed by atoms with Gasteiger partial charge in [-0.1, -0.05) is 31.2 Å². The fourth-order valence-corrected chi connectivity index (χ4v) is 2.10. The van der Waals surface area contributed by atoms with Gasteiger partial charge in [0, 0.05) is 11.5 Å². The van der Waals surface area contributed by atoms with Crippen LogP contribution in [0.5, 0.6) is 0 Å². The van der Waals surface area contributed by atoms with Crippen LogP contribution in [-0.4, -0.2) is 23.5 Å². The molecule has 1 aliphatic rings. The minimum atomic E-state index is -0.763. The Bertz CT molecular complexity index is 542. The molecule has 4 nitrogen and oxygen atoms in total. The Morgan fingerprint density at radius 1 is 1.39 bits per heavy atom. The summed E-state index contributed by atoms with van der Waals surface area (Å²) in [5.74, 6) is -1.89. The summed E-state index contributed by atoms with van der Waals surface area (Å²) < 4.78 is 4.81. The third kappa shape index (κ3) is 1.79. The Labute approximate surface area is 105 Å². The zero-order chi connectivity index (χ0) is 13.3. The van der Waals surface area contributed by atoms with Crippen LogP contribution in [0.15, 0.2) is 29.8 Å². The first-order valence-electron chi connectivity index (χ1n) is 5.81. The molecule has 0 heterocycles. The van der Waals surface area contributed by atoms with Crippen LogP contribution >= 0.6 is 0 Å². The Morgan fingerprint density at radius 2 is 2.06 bits per heavy atom. The molecular formula is C14H14O4. The summed E-state index contributed by atoms with van der Waals surface area (Å²) in [6, 6.07) is 7.01. The van der Waals surface area contributed by atoms with Gasteiger partial charge in [0.15, 0.2) is 5.78 Å². The van der Waals surface area contributed by atoms with Crippen molar-refractivity contribution in [1.29, 1.82) is 0 Å². The molecule has 0 unspecified atom stereocenters. The molecule has 0 bridgehead atoms. The molecular weight excluding hydrogens is 232 g/mol. The van der Waals surface area contributed by atoms with Crippen molar-refractivity contribution in [2.75, 3.05) is 6.61 Å². The maximum Gasteiger partial charge on any atom is 0.345 e. The van der Waals surface area contributed by atoms with Crippen molar-refractivity contribution in [1.82, 2.24) is 0 Å². The van der Waals surface area contributed by atoms with E-state index in [1.165, 1.54) is 0 Å². The molecule has 1 N–H and O–H groups in total. The highest BCUT2D eigenvalue weighted by molar-refractivity contribution is 6.25. The molecule has 18 heavy (non-hydrogen) atoms. The SMILES string of the molecule is CCOC(=O)C1=C(O)c2ccccc2[C@@H](C)C1=O. The second kappa shape index (κ2) is 4.64. The Morgan fingerprint density at radius 3 is 2.72 bits per heavy atom. The Balaban J connectivity index is 2.59. The maximum atomic E-state index is 12.1. The number of Topliss-reactive ketones (excluding diaryl/α,β-unsaturated/α-hetero) is 1. The number of ether oxygens (including phenoxy) is 1. The molecule has 1 aliphatic carbocycles. The van der Waals surface area contributed by atoms with E-state index in [4.69, 9.17) is 4.74 Å². The van der Waals surface area contributed by atoms with Crippen molar-refractivity contribution in [2.24, 2.45) is 0 Å². The van der Waals surface area contributed by atoms with Crippen LogP contribution in [0.3, 0.4) is 0 Å². The number of hydrogen-bond acceptors (Lipinski definition) is 4. The molecule has 0 aromatic heterocycles. The first-order valence-corrected chi connectivity index (χ1v) is 5.81. The fourth-order valence-electron chi connectivity index (χ4n) is 2.10. The molecule has 0 aliphatic heterocycles. The van der Waals surface area contributed by atoms with Gasteiger partial charge >= 0.3 is 5.97 Å². The average Bonchev–Trinajstić information content (AvgIpc) is 2.37. The number of esters is 1. The van der Waals surface area contributed by atoms with Gasteiger partial charge in [-0.05, 0) is 12.5 Å². The first kappa shape index (κ1) is 12.4. The van der Waals surface area contributed by atoms with E-state index in [1.807, 2.05) is 0 Å². The minimum absolute atomic E-state index is 0.166. The number of aliphatic hydroxyl groups is 1. The van der Waals surface area contributed by atoms with Gasteiger partial charge in [-0.3, -0.25) is 4.79 Å². The molecule has 0 fully saturated rings. The maximum absolute atomic E-state index is 12.1. The lowest BCUT2D eigenvalue weighted by Crippen LogP contribution is -2.26. The largest absolute Gasteiger partial charge is 0.506 e. The van der Waals surface area contributed by atoms with E-state index < -0.39 is 17.7 Å². The van der Waals surface area contributed by atoms with E-state index in [0.29, 0.717) is 5.56 Å². The van der Waals surface area contributed by atoms with Gasteiger partial charge in [-0.25, -0.2) is 4.79 Å². The standard InChI is InChI=1S/C14H14O4/c1-3-18-14(17)11-12(15)8(2)9-6-4-5-7-10(9)13(11)16/h4-8,16H,3H2,1-2H3/t8-/m1/s1. The summed E-state index contributed by atoms with van der Waals surface area (Å²) in [4.78, 5) is 23.8. The van der Waals surface area contributed by atoms with E-state index in [9.17, 15) is 14.7 Å². The molecule has 4 heteroatoms. The number of hydrogen-bond donors (Lipinski definition) is 1. The van der Waals surface area contributed by atoms with E-state index >= 15 is 0 Å². The van der Waals surface area contributed by atoms with Crippen molar-refractivity contribution in [3.8, 4) is 0 Å². The molecule has 0 amide bonds. The number of rotatable bonds is 2. The van der Waals surface area contributed by atoms with E-state index in [2.05, 4.69) is 0 Å². The van der Waals surface area contributed by atoms with Gasteiger partial charge in [0.25, 0.3) is 0 Å². The quantitative estimate of drug-likeness (QED) is 0.642. The molecule has 0 radical (unpaired) electrons. The summed E-state index contributed by atoms with van der Waals surface area (Å²) >= 11 is 0. The molecule has 0 saturated carbocycles. The lowest BCUT2D eigenvalue weighted by atomic mass is 9.82. The summed E-state index contributed by atoms with van der Waals surface area (Å²) in [6.45, 7) is 3.53. The summed E-state index contributed by atoms with van der Waals surface area (Å²) in [6.07, 6.45) is 0. The highest BCUT2D eigenvalue weighted by atomic mass is 16.5. The monoisotopic (exact) mass is 246 g/mol. The Kier molecular flexibility index (Phi) is 3.19. The van der Waals surface area contributed by atoms with Gasteiger partial charge in [-0.2, -0.15) is 0 Å². The zero-order valence-corrected chi connectivity index (χ0v) is 10.3. The van der Waals surface area contributed by atoms with Gasteiger partial charge in [-0.15, -0.1) is 0 Å². The van der Waals surface area contributed by atoms with Crippen molar-refractivity contribution in [3.63, 3.8) is 0 Å². The van der Waals surface area contributed by atoms with Crippen LogP contribution < -0.4 is 0 Å². The normalized spacial score (nSPS) is 18.6. The fraction of sp³-hybridized carbons (Fsp3) is 0.286. The topological polar surface area (TPSA) is 63.6 Å². The lowest BCUT2D eigenvalue weighted by molar-refractivity contribution is -0.140. The van der Waals surface area contributed by atoms with E-state index in [-0.39, 0.29) is 17.9 Å². The van der Waals surface area contributed by atoms with E-state index in [0.717, 1.165) is 5.56 Å². The van der Waals surface area contributed by atoms with Crippen LogP contribution in [-0.2, 0) is 14.3 Å². The highest BCUT2D eigenvalue weighted by Gasteiger charge is 2.35. The first-order chi connectivity index (χ1) is 8.57. The predicted octanol–water partition coefficient (Wildman–Crippen LogP) is 2.21. The number of benzene rings is 1. The third-order valence-electron chi connectivity index (χ3n) is 3.04. The minimum Gasteiger partial charge on any atom is -0.506 e. The smallest absolute Gasteiger partial charge is 0.345 e. The number of fused-ring (bicyclic) bond motifs is 1. The van der Waals surface area contributed by atoms with Gasteiger partial charge < -0.3 is 9.84 Å². The molecule has 1 aromatic carbocycles. The zero-order valence-electron chi connectivity index (χ0n) is 10.3.